The number of hydroxylamine groups is 3. The zero-order valence-electron chi connectivity index (χ0n) is 43.1. The highest BCUT2D eigenvalue weighted by molar-refractivity contribution is 7.83. The molecule has 0 spiro atoms. The second-order valence-electron chi connectivity index (χ2n) is 20.3. The number of nitrogens with zero attached hydrogens (tertiary/aromatic N) is 10. The predicted octanol–water partition coefficient (Wildman–Crippen LogP) is 17.4. The first-order chi connectivity index (χ1) is 38.5. The second kappa shape index (κ2) is 23.5. The van der Waals surface area contributed by atoms with Gasteiger partial charge >= 0.3 is 0 Å². The van der Waals surface area contributed by atoms with Crippen molar-refractivity contribution in [2.45, 2.75) is 26.6 Å². The minimum absolute atomic E-state index is 0.126. The van der Waals surface area contributed by atoms with Gasteiger partial charge in [0.25, 0.3) is 0 Å². The van der Waals surface area contributed by atoms with Gasteiger partial charge in [-0.25, -0.2) is 0 Å². The lowest BCUT2D eigenvalue weighted by molar-refractivity contribution is -0.920. The summed E-state index contributed by atoms with van der Waals surface area (Å²) in [4.78, 5) is 17.0. The van der Waals surface area contributed by atoms with Crippen molar-refractivity contribution in [3.8, 4) is 0 Å². The molecule has 79 heavy (non-hydrogen) atoms. The molecule has 0 saturated carbocycles. The topological polar surface area (TPSA) is 134 Å². The van der Waals surface area contributed by atoms with Crippen molar-refractivity contribution >= 4 is 105 Å². The summed E-state index contributed by atoms with van der Waals surface area (Å²) in [5, 5.41) is 53.8. The fourth-order valence-electron chi connectivity index (χ4n) is 11.1. The van der Waals surface area contributed by atoms with Gasteiger partial charge in [-0.05, 0) is 126 Å². The highest BCUT2D eigenvalue weighted by Gasteiger charge is 2.46. The van der Waals surface area contributed by atoms with Crippen molar-refractivity contribution in [2.24, 2.45) is 51.0 Å². The Morgan fingerprint density at radius 2 is 0.582 bits per heavy atom. The van der Waals surface area contributed by atoms with Crippen LogP contribution in [0.25, 0.3) is 0 Å². The average Bonchev–Trinajstić information content (AvgIpc) is 3.67. The number of hydrogen-bond donors (Lipinski definition) is 0. The number of halogens is 3. The Balaban J connectivity index is 1.34. The van der Waals surface area contributed by atoms with Crippen LogP contribution < -0.4 is 31.8 Å². The number of benzene rings is 9. The molecule has 11 nitrogen and oxygen atoms in total. The highest BCUT2D eigenvalue weighted by atomic mass is 35.5. The summed E-state index contributed by atoms with van der Waals surface area (Å²) >= 11 is 20.5. The molecule has 3 aliphatic rings. The van der Waals surface area contributed by atoms with E-state index in [1.165, 1.54) is 0 Å². The molecule has 0 fully saturated rings. The van der Waals surface area contributed by atoms with Gasteiger partial charge in [-0.1, -0.05) is 224 Å². The predicted molar refractivity (Wildman–Crippen MR) is 330 cm³/mol. The molecule has 0 aromatic heterocycles. The monoisotopic (exact) mass is 1150 g/mol. The van der Waals surface area contributed by atoms with Crippen LogP contribution in [0.5, 0.6) is 0 Å². The first-order valence-corrected chi connectivity index (χ1v) is 32.7. The standard InChI is InChI=1S/C62H54Cl3N10OP3/c1-62-44-77(53-20-8-2-9-21-53,54-22-10-3-11-23-54)72-69-66-59-35-32-50(63)38-47(59)41-75(76,42-48-39-51(64)33-36-60(48)67-70-73-78(45-62,55-24-12-4-13-25-55)56-26-14-5-15-27-56)43-49-40-52(65)34-37-61(49)68-71-74-79(46-62,57-28-16-6-17-29-57)58-30-18-7-19-31-58/h2-40H,41-46H2,1H3. The summed E-state index contributed by atoms with van der Waals surface area (Å²) in [5.74, 6) is 0. The van der Waals surface area contributed by atoms with Gasteiger partial charge in [0.1, 0.15) is 19.6 Å². The van der Waals surface area contributed by atoms with Gasteiger partial charge in [0.15, 0.2) is 0 Å². The molecule has 9 aromatic rings. The number of quaternary nitrogens is 1. The fourth-order valence-corrected chi connectivity index (χ4v) is 23.5. The van der Waals surface area contributed by atoms with E-state index in [1.807, 2.05) is 36.4 Å². The van der Waals surface area contributed by atoms with Crippen LogP contribution in [0, 0.1) is 10.6 Å². The van der Waals surface area contributed by atoms with Crippen LogP contribution in [-0.2, 0) is 19.6 Å². The van der Waals surface area contributed by atoms with E-state index in [1.54, 1.807) is 54.6 Å². The van der Waals surface area contributed by atoms with Crippen LogP contribution in [0.2, 0.25) is 15.1 Å². The summed E-state index contributed by atoms with van der Waals surface area (Å²) in [6, 6.07) is 78.8. The Bertz CT molecular complexity index is 3380. The van der Waals surface area contributed by atoms with E-state index in [-0.39, 0.29) is 19.6 Å². The normalized spacial score (nSPS) is 19.7. The minimum atomic E-state index is -3.11. The van der Waals surface area contributed by atoms with Gasteiger partial charge < -0.3 is 9.85 Å². The Kier molecular flexibility index (Phi) is 16.2. The Morgan fingerprint density at radius 3 is 0.810 bits per heavy atom. The van der Waals surface area contributed by atoms with E-state index in [0.29, 0.717) is 67.3 Å². The van der Waals surface area contributed by atoms with Gasteiger partial charge in [0, 0.05) is 31.8 Å². The van der Waals surface area contributed by atoms with E-state index in [4.69, 9.17) is 80.4 Å². The fraction of sp³-hybridized carbons (Fsp3) is 0.129. The van der Waals surface area contributed by atoms with Crippen LogP contribution in [0.1, 0.15) is 23.6 Å². The Hall–Kier alpha value is -6.74. The van der Waals surface area contributed by atoms with Gasteiger partial charge in [-0.3, -0.25) is 0 Å². The molecule has 17 heteroatoms. The molecule has 9 aromatic carbocycles. The molecule has 0 saturated heterocycles. The number of fused-ring (bicyclic) bond motifs is 6. The first-order valence-electron chi connectivity index (χ1n) is 25.8. The molecule has 12 rings (SSSR count). The minimum Gasteiger partial charge on any atom is -0.632 e. The third-order valence-corrected chi connectivity index (χ3v) is 26.9. The van der Waals surface area contributed by atoms with Crippen molar-refractivity contribution in [3.63, 3.8) is 0 Å². The summed E-state index contributed by atoms with van der Waals surface area (Å²) in [6.07, 6.45) is 1.39. The van der Waals surface area contributed by atoms with Crippen molar-refractivity contribution in [3.05, 3.63) is 274 Å². The lowest BCUT2D eigenvalue weighted by Gasteiger charge is -2.44. The Labute approximate surface area is 476 Å². The van der Waals surface area contributed by atoms with Crippen LogP contribution in [-0.4, -0.2) is 23.1 Å². The SMILES string of the molecule is CC12CP(c3ccccc3)(c3ccccc3)=NN=Nc3ccc(Cl)cc3C[N+]([O-])(Cc3cc(Cl)ccc3N=NN=P(c3ccccc3)(c3ccccc3)C1)Cc1cc(Cl)ccc1N=NN=P(c1ccccc1)(c1ccccc1)C2. The van der Waals surface area contributed by atoms with Crippen LogP contribution in [0.3, 0.4) is 0 Å². The molecule has 2 bridgehead atoms. The smallest absolute Gasteiger partial charge is 0.107 e. The summed E-state index contributed by atoms with van der Waals surface area (Å²) in [5.41, 5.74) is 2.20. The summed E-state index contributed by atoms with van der Waals surface area (Å²) in [7, 11) is -9.33. The second-order valence-corrected chi connectivity index (χ2v) is 30.8. The van der Waals surface area contributed by atoms with Crippen LogP contribution >= 0.6 is 56.0 Å². The van der Waals surface area contributed by atoms with Gasteiger partial charge in [0.05, 0.1) is 38.2 Å². The third kappa shape index (κ3) is 11.8. The van der Waals surface area contributed by atoms with E-state index in [2.05, 4.69) is 153 Å². The highest BCUT2D eigenvalue weighted by Crippen LogP contribution is 2.63. The maximum Gasteiger partial charge on any atom is 0.107 e. The number of rotatable bonds is 6. The molecule has 0 atom stereocenters. The van der Waals surface area contributed by atoms with E-state index in [9.17, 15) is 0 Å². The van der Waals surface area contributed by atoms with E-state index in [0.717, 1.165) is 31.8 Å². The van der Waals surface area contributed by atoms with Gasteiger partial charge in [-0.2, -0.15) is 0 Å². The molecular weight excluding hydrogens is 1100 g/mol. The molecule has 0 radical (unpaired) electrons. The largest absolute Gasteiger partial charge is 0.632 e. The quantitative estimate of drug-likeness (QED) is 0.0915. The zero-order chi connectivity index (χ0) is 54.3. The summed E-state index contributed by atoms with van der Waals surface area (Å²) in [6.45, 7) is 1.99. The van der Waals surface area contributed by atoms with Crippen molar-refractivity contribution in [1.29, 1.82) is 0 Å². The Morgan fingerprint density at radius 1 is 0.354 bits per heavy atom. The first kappa shape index (κ1) is 54.2. The lowest BCUT2D eigenvalue weighted by atomic mass is 9.99. The summed E-state index contributed by atoms with van der Waals surface area (Å²) < 4.78 is -0.903. The van der Waals surface area contributed by atoms with Crippen LogP contribution in [0.4, 0.5) is 17.1 Å². The zero-order valence-corrected chi connectivity index (χ0v) is 48.1. The van der Waals surface area contributed by atoms with E-state index < -0.39 is 31.2 Å². The average molecular weight is 1150 g/mol. The molecular formula is C62H54Cl3N10OP3. The van der Waals surface area contributed by atoms with Crippen LogP contribution in [0.15, 0.2) is 282 Å². The van der Waals surface area contributed by atoms with E-state index >= 15 is 5.21 Å². The van der Waals surface area contributed by atoms with Crippen molar-refractivity contribution < 1.29 is 4.65 Å². The number of hydrogen-bond acceptors (Lipinski definition) is 10. The molecule has 0 aliphatic carbocycles. The molecule has 0 amide bonds. The maximum atomic E-state index is 16.4. The van der Waals surface area contributed by atoms with Gasteiger partial charge in [0.2, 0.25) is 0 Å². The van der Waals surface area contributed by atoms with Crippen molar-refractivity contribution in [2.75, 3.05) is 18.5 Å². The molecule has 0 unspecified atom stereocenters. The maximum absolute atomic E-state index is 16.4. The third-order valence-electron chi connectivity index (χ3n) is 14.5. The molecule has 0 N–H and O–H groups in total. The molecule has 3 aliphatic heterocycles. The van der Waals surface area contributed by atoms with Gasteiger partial charge in [-0.15, -0.1) is 29.9 Å². The lowest BCUT2D eigenvalue weighted by Crippen LogP contribution is -2.40. The van der Waals surface area contributed by atoms with Crippen molar-refractivity contribution in [1.82, 2.24) is 0 Å². The molecule has 394 valence electrons. The molecule has 3 heterocycles.